The Kier molecular flexibility index (Phi) is 3.69. The second kappa shape index (κ2) is 5.35. The normalized spacial score (nSPS) is 21.6. The summed E-state index contributed by atoms with van der Waals surface area (Å²) < 4.78 is 42.8. The standard InChI is InChI=1S/C15H12ClF3N4O/c1-8-12(13(20)24)14(15(17,18)19,22-23(8)16)10-4-5-11-9(7-10)3-2-6-21-11/h2-7,22H,1H3,(H2,20,24). The van der Waals surface area contributed by atoms with Crippen LogP contribution < -0.4 is 11.2 Å². The van der Waals surface area contributed by atoms with Gasteiger partial charge in [0.05, 0.1) is 16.8 Å². The summed E-state index contributed by atoms with van der Waals surface area (Å²) in [5.41, 5.74) is 4.14. The maximum absolute atomic E-state index is 14.1. The Morgan fingerprint density at radius 1 is 1.38 bits per heavy atom. The first kappa shape index (κ1) is 16.5. The van der Waals surface area contributed by atoms with E-state index >= 15 is 0 Å². The van der Waals surface area contributed by atoms with E-state index in [1.165, 1.54) is 31.3 Å². The topological polar surface area (TPSA) is 71.2 Å². The number of alkyl halides is 3. The van der Waals surface area contributed by atoms with E-state index in [0.717, 1.165) is 0 Å². The molecule has 2 aromatic rings. The van der Waals surface area contributed by atoms with Crippen molar-refractivity contribution in [1.29, 1.82) is 0 Å². The van der Waals surface area contributed by atoms with E-state index in [1.807, 2.05) is 0 Å². The monoisotopic (exact) mass is 356 g/mol. The van der Waals surface area contributed by atoms with E-state index in [1.54, 1.807) is 12.1 Å². The number of nitrogens with two attached hydrogens (primary N) is 1. The molecule has 3 rings (SSSR count). The predicted molar refractivity (Wildman–Crippen MR) is 82.2 cm³/mol. The maximum atomic E-state index is 14.1. The number of allylic oxidation sites excluding steroid dienone is 1. The lowest BCUT2D eigenvalue weighted by molar-refractivity contribution is -0.192. The molecule has 0 radical (unpaired) electrons. The van der Waals surface area contributed by atoms with Crippen LogP contribution in [0.4, 0.5) is 13.2 Å². The Hall–Kier alpha value is -2.32. The molecule has 2 heterocycles. The van der Waals surface area contributed by atoms with E-state index < -0.39 is 23.2 Å². The number of nitrogens with one attached hydrogen (secondary N) is 1. The van der Waals surface area contributed by atoms with Crippen LogP contribution in [0.5, 0.6) is 0 Å². The zero-order valence-corrected chi connectivity index (χ0v) is 13.1. The third-order valence-corrected chi connectivity index (χ3v) is 4.34. The molecule has 9 heteroatoms. The van der Waals surface area contributed by atoms with Crippen LogP contribution in [-0.2, 0) is 10.3 Å². The van der Waals surface area contributed by atoms with E-state index in [-0.39, 0.29) is 11.3 Å². The summed E-state index contributed by atoms with van der Waals surface area (Å²) >= 11 is 5.80. The second-order valence-electron chi connectivity index (χ2n) is 5.38. The zero-order valence-electron chi connectivity index (χ0n) is 12.4. The van der Waals surface area contributed by atoms with Gasteiger partial charge in [0.25, 0.3) is 0 Å². The van der Waals surface area contributed by atoms with Gasteiger partial charge in [-0.3, -0.25) is 9.78 Å². The van der Waals surface area contributed by atoms with Crippen molar-refractivity contribution < 1.29 is 18.0 Å². The molecule has 1 amide bonds. The molecule has 24 heavy (non-hydrogen) atoms. The van der Waals surface area contributed by atoms with Gasteiger partial charge in [0.1, 0.15) is 0 Å². The summed E-state index contributed by atoms with van der Waals surface area (Å²) in [7, 11) is 0. The van der Waals surface area contributed by atoms with Crippen LogP contribution in [0.2, 0.25) is 0 Å². The number of aromatic nitrogens is 1. The number of fused-ring (bicyclic) bond motifs is 1. The van der Waals surface area contributed by atoms with Gasteiger partial charge >= 0.3 is 6.18 Å². The number of pyridine rings is 1. The third-order valence-electron chi connectivity index (χ3n) is 4.00. The fourth-order valence-corrected chi connectivity index (χ4v) is 3.12. The number of carbonyl (C=O) groups is 1. The Balaban J connectivity index is 2.33. The maximum Gasteiger partial charge on any atom is 0.417 e. The first-order chi connectivity index (χ1) is 11.2. The highest BCUT2D eigenvalue weighted by atomic mass is 35.5. The van der Waals surface area contributed by atoms with E-state index in [2.05, 4.69) is 10.4 Å². The van der Waals surface area contributed by atoms with Crippen molar-refractivity contribution in [3.8, 4) is 0 Å². The molecule has 0 saturated heterocycles. The van der Waals surface area contributed by atoms with Crippen molar-refractivity contribution in [2.24, 2.45) is 5.73 Å². The van der Waals surface area contributed by atoms with Crippen LogP contribution in [-0.4, -0.2) is 21.6 Å². The lowest BCUT2D eigenvalue weighted by Crippen LogP contribution is -2.56. The molecule has 1 aliphatic rings. The number of nitrogens with zero attached hydrogens (tertiary/aromatic N) is 2. The summed E-state index contributed by atoms with van der Waals surface area (Å²) in [4.78, 5) is 15.9. The molecule has 0 bridgehead atoms. The SMILES string of the molecule is CC1=C(C(N)=O)C(c2ccc3ncccc3c2)(C(F)(F)F)NN1Cl. The number of primary amides is 1. The van der Waals surface area contributed by atoms with Gasteiger partial charge in [-0.2, -0.15) is 18.6 Å². The first-order valence-corrected chi connectivity index (χ1v) is 7.19. The molecule has 1 aromatic carbocycles. The van der Waals surface area contributed by atoms with Crippen LogP contribution in [0.3, 0.4) is 0 Å². The van der Waals surface area contributed by atoms with Gasteiger partial charge in [0, 0.05) is 23.4 Å². The summed E-state index contributed by atoms with van der Waals surface area (Å²) in [5, 5.41) is 0.495. The Bertz CT molecular complexity index is 867. The van der Waals surface area contributed by atoms with E-state index in [0.29, 0.717) is 15.4 Å². The van der Waals surface area contributed by atoms with Crippen LogP contribution >= 0.6 is 11.8 Å². The molecule has 5 nitrogen and oxygen atoms in total. The summed E-state index contributed by atoms with van der Waals surface area (Å²) in [5.74, 6) is -1.20. The zero-order chi connectivity index (χ0) is 17.7. The van der Waals surface area contributed by atoms with Gasteiger partial charge in [-0.1, -0.05) is 12.1 Å². The van der Waals surface area contributed by atoms with E-state index in [4.69, 9.17) is 17.5 Å². The number of benzene rings is 1. The van der Waals surface area contributed by atoms with Crippen molar-refractivity contribution in [2.75, 3.05) is 0 Å². The number of rotatable bonds is 2. The number of hydrogen-bond acceptors (Lipinski definition) is 4. The number of hydrazine groups is 1. The van der Waals surface area contributed by atoms with Crippen molar-refractivity contribution in [2.45, 2.75) is 18.6 Å². The Morgan fingerprint density at radius 3 is 2.71 bits per heavy atom. The number of amides is 1. The summed E-state index contributed by atoms with van der Waals surface area (Å²) in [6.07, 6.45) is -3.33. The van der Waals surface area contributed by atoms with Crippen LogP contribution in [0, 0.1) is 0 Å². The Morgan fingerprint density at radius 2 is 2.08 bits per heavy atom. The largest absolute Gasteiger partial charge is 0.417 e. The van der Waals surface area contributed by atoms with E-state index in [9.17, 15) is 18.0 Å². The molecule has 0 spiro atoms. The molecule has 1 unspecified atom stereocenters. The number of carbonyl (C=O) groups excluding carboxylic acids is 1. The van der Waals surface area contributed by atoms with Crippen molar-refractivity contribution in [3.63, 3.8) is 0 Å². The summed E-state index contributed by atoms with van der Waals surface area (Å²) in [6, 6.07) is 7.25. The van der Waals surface area contributed by atoms with Gasteiger partial charge in [-0.05, 0) is 30.7 Å². The molecular formula is C15H12ClF3N4O. The molecule has 1 aliphatic heterocycles. The lowest BCUT2D eigenvalue weighted by atomic mass is 9.81. The minimum absolute atomic E-state index is 0.104. The molecule has 0 saturated carbocycles. The number of hydrogen-bond donors (Lipinski definition) is 2. The van der Waals surface area contributed by atoms with Crippen LogP contribution in [0.25, 0.3) is 10.9 Å². The third kappa shape index (κ3) is 2.22. The molecule has 1 atom stereocenters. The Labute approximate surface area is 140 Å². The van der Waals surface area contributed by atoms with Gasteiger partial charge in [-0.25, -0.2) is 4.53 Å². The molecule has 126 valence electrons. The quantitative estimate of drug-likeness (QED) is 0.812. The fraction of sp³-hybridized carbons (Fsp3) is 0.200. The minimum atomic E-state index is -4.86. The first-order valence-electron chi connectivity index (χ1n) is 6.85. The molecule has 3 N–H and O–H groups in total. The fourth-order valence-electron chi connectivity index (χ4n) is 2.91. The average Bonchev–Trinajstić information content (AvgIpc) is 2.79. The highest BCUT2D eigenvalue weighted by Gasteiger charge is 2.64. The predicted octanol–water partition coefficient (Wildman–Crippen LogP) is 2.73. The molecule has 0 aliphatic carbocycles. The molecule has 1 aromatic heterocycles. The number of halogens is 4. The van der Waals surface area contributed by atoms with Crippen LogP contribution in [0.15, 0.2) is 47.8 Å². The smallest absolute Gasteiger partial charge is 0.366 e. The van der Waals surface area contributed by atoms with Crippen molar-refractivity contribution >= 4 is 28.6 Å². The highest BCUT2D eigenvalue weighted by molar-refractivity contribution is 6.15. The lowest BCUT2D eigenvalue weighted by Gasteiger charge is -2.34. The molecular weight excluding hydrogens is 345 g/mol. The van der Waals surface area contributed by atoms with Gasteiger partial charge < -0.3 is 5.73 Å². The van der Waals surface area contributed by atoms with Crippen molar-refractivity contribution in [3.05, 3.63) is 53.4 Å². The second-order valence-corrected chi connectivity index (χ2v) is 5.71. The van der Waals surface area contributed by atoms with Gasteiger partial charge in [0.2, 0.25) is 5.91 Å². The van der Waals surface area contributed by atoms with Gasteiger partial charge in [-0.15, -0.1) is 0 Å². The summed E-state index contributed by atoms with van der Waals surface area (Å²) in [6.45, 7) is 1.29. The minimum Gasteiger partial charge on any atom is -0.366 e. The average molecular weight is 357 g/mol. The van der Waals surface area contributed by atoms with Gasteiger partial charge in [0.15, 0.2) is 5.54 Å². The van der Waals surface area contributed by atoms with Crippen LogP contribution in [0.1, 0.15) is 12.5 Å². The highest BCUT2D eigenvalue weighted by Crippen LogP contribution is 2.49. The van der Waals surface area contributed by atoms with Crippen molar-refractivity contribution in [1.82, 2.24) is 14.9 Å². The molecule has 0 fully saturated rings.